The summed E-state index contributed by atoms with van der Waals surface area (Å²) in [5.74, 6) is -0.177. The number of ether oxygens (including phenoxy) is 1. The second-order valence-corrected chi connectivity index (χ2v) is 10.2. The van der Waals surface area contributed by atoms with E-state index in [1.807, 2.05) is 34.6 Å². The highest BCUT2D eigenvalue weighted by atomic mass is 79.9. The topological polar surface area (TPSA) is 90.6 Å². The third-order valence-electron chi connectivity index (χ3n) is 5.35. The van der Waals surface area contributed by atoms with Crippen LogP contribution in [0.15, 0.2) is 16.9 Å². The van der Waals surface area contributed by atoms with E-state index >= 15 is 0 Å². The molecule has 0 bridgehead atoms. The lowest BCUT2D eigenvalue weighted by Crippen LogP contribution is -2.50. The minimum Gasteiger partial charge on any atom is -0.444 e. The van der Waals surface area contributed by atoms with E-state index in [1.54, 1.807) is 24.3 Å². The Hall–Kier alpha value is -2.29. The van der Waals surface area contributed by atoms with Crippen LogP contribution < -0.4 is 10.2 Å². The Morgan fingerprint density at radius 3 is 2.74 bits per heavy atom. The number of nitrogens with one attached hydrogen (secondary N) is 2. The van der Waals surface area contributed by atoms with Crippen LogP contribution in [0.4, 0.5) is 16.2 Å². The van der Waals surface area contributed by atoms with E-state index < -0.39 is 5.60 Å². The Labute approximate surface area is 191 Å². The molecule has 9 heteroatoms. The fourth-order valence-corrected chi connectivity index (χ4v) is 4.25. The molecule has 0 aromatic carbocycles. The Kier molecular flexibility index (Phi) is 6.83. The maximum atomic E-state index is 12.6. The van der Waals surface area contributed by atoms with Crippen LogP contribution in [0.25, 0.3) is 11.0 Å². The molecule has 3 rings (SSSR count). The second kappa shape index (κ2) is 9.06. The van der Waals surface area contributed by atoms with Gasteiger partial charge in [-0.15, -0.1) is 0 Å². The molecule has 8 nitrogen and oxygen atoms in total. The molecule has 2 N–H and O–H groups in total. The van der Waals surface area contributed by atoms with Crippen LogP contribution in [0, 0.1) is 5.92 Å². The van der Waals surface area contributed by atoms with Gasteiger partial charge in [0, 0.05) is 38.4 Å². The summed E-state index contributed by atoms with van der Waals surface area (Å²) in [6.07, 6.45) is 5.07. The number of likely N-dealkylation sites (N-methyl/N-ethyl adjacent to an activating group) is 1. The van der Waals surface area contributed by atoms with Gasteiger partial charge in [0.1, 0.15) is 11.2 Å². The van der Waals surface area contributed by atoms with Crippen molar-refractivity contribution in [2.24, 2.45) is 5.92 Å². The molecular formula is C22H32BrN5O3. The number of carbonyl (C=O) groups is 2. The number of rotatable bonds is 4. The summed E-state index contributed by atoms with van der Waals surface area (Å²) >= 11 is 3.66. The van der Waals surface area contributed by atoms with Crippen molar-refractivity contribution in [3.63, 3.8) is 0 Å². The number of hydrogen-bond donors (Lipinski definition) is 2. The standard InChI is InChI=1S/C22H32BrN5O3/c1-13(2)20(29)26-16-11-25-19-17(16)18(15(23)10-24-19)28-9-7-8-14(12-28)27(6)21(30)31-22(3,4)5/h10-11,13-14H,7-9,12H2,1-6H3,(H,24,25)(H,26,29)/t14-/m1/s1. The molecular weight excluding hydrogens is 462 g/mol. The van der Waals surface area contributed by atoms with Crippen molar-refractivity contribution in [1.82, 2.24) is 14.9 Å². The number of nitrogens with zero attached hydrogens (tertiary/aromatic N) is 3. The first kappa shape index (κ1) is 23.4. The van der Waals surface area contributed by atoms with Crippen LogP contribution in [-0.2, 0) is 9.53 Å². The highest BCUT2D eigenvalue weighted by Crippen LogP contribution is 2.39. The first-order valence-electron chi connectivity index (χ1n) is 10.6. The van der Waals surface area contributed by atoms with Gasteiger partial charge in [-0.05, 0) is 49.5 Å². The van der Waals surface area contributed by atoms with Crippen LogP contribution in [0.5, 0.6) is 0 Å². The predicted molar refractivity (Wildman–Crippen MR) is 126 cm³/mol. The van der Waals surface area contributed by atoms with E-state index in [0.29, 0.717) is 17.9 Å². The summed E-state index contributed by atoms with van der Waals surface area (Å²) in [4.78, 5) is 36.5. The number of aromatic amines is 1. The van der Waals surface area contributed by atoms with Crippen molar-refractivity contribution >= 4 is 50.3 Å². The van der Waals surface area contributed by atoms with Crippen LogP contribution in [0.1, 0.15) is 47.5 Å². The van der Waals surface area contributed by atoms with Gasteiger partial charge in [0.25, 0.3) is 0 Å². The van der Waals surface area contributed by atoms with Crippen LogP contribution in [0.3, 0.4) is 0 Å². The van der Waals surface area contributed by atoms with E-state index in [9.17, 15) is 9.59 Å². The van der Waals surface area contributed by atoms with Crippen molar-refractivity contribution in [2.75, 3.05) is 30.4 Å². The summed E-state index contributed by atoms with van der Waals surface area (Å²) in [5.41, 5.74) is 1.85. The molecule has 170 valence electrons. The van der Waals surface area contributed by atoms with E-state index in [-0.39, 0.29) is 24.0 Å². The number of hydrogen-bond acceptors (Lipinski definition) is 5. The molecule has 31 heavy (non-hydrogen) atoms. The number of carbonyl (C=O) groups excluding carboxylic acids is 2. The monoisotopic (exact) mass is 493 g/mol. The molecule has 0 unspecified atom stereocenters. The van der Waals surface area contributed by atoms with Crippen molar-refractivity contribution in [2.45, 2.75) is 59.1 Å². The normalized spacial score (nSPS) is 17.2. The number of piperidine rings is 1. The number of amides is 2. The zero-order chi connectivity index (χ0) is 22.9. The summed E-state index contributed by atoms with van der Waals surface area (Å²) in [6.45, 7) is 10.8. The number of H-pyrrole nitrogens is 1. The molecule has 1 aliphatic heterocycles. The zero-order valence-corrected chi connectivity index (χ0v) is 20.7. The molecule has 1 saturated heterocycles. The maximum absolute atomic E-state index is 12.6. The van der Waals surface area contributed by atoms with E-state index in [4.69, 9.17) is 4.74 Å². The summed E-state index contributed by atoms with van der Waals surface area (Å²) in [7, 11) is 1.80. The summed E-state index contributed by atoms with van der Waals surface area (Å²) in [5, 5.41) is 3.87. The largest absolute Gasteiger partial charge is 0.444 e. The average Bonchev–Trinajstić information content (AvgIpc) is 3.08. The van der Waals surface area contributed by atoms with E-state index in [2.05, 4.69) is 36.1 Å². The second-order valence-electron chi connectivity index (χ2n) is 9.36. The van der Waals surface area contributed by atoms with Gasteiger partial charge in [0.2, 0.25) is 5.91 Å². The SMILES string of the molecule is CC(C)C(=O)Nc1c[nH]c2ncc(Br)c(N3CCC[C@@H](N(C)C(=O)OC(C)(C)C)C3)c12. The van der Waals surface area contributed by atoms with Crippen LogP contribution in [-0.4, -0.2) is 58.6 Å². The number of pyridine rings is 1. The molecule has 3 heterocycles. The number of aromatic nitrogens is 2. The van der Waals surface area contributed by atoms with Gasteiger partial charge in [0.15, 0.2) is 0 Å². The first-order valence-corrected chi connectivity index (χ1v) is 11.4. The minimum absolute atomic E-state index is 0.0198. The van der Waals surface area contributed by atoms with Gasteiger partial charge in [-0.2, -0.15) is 0 Å². The first-order chi connectivity index (χ1) is 14.5. The molecule has 0 aliphatic carbocycles. The minimum atomic E-state index is -0.533. The van der Waals surface area contributed by atoms with Crippen molar-refractivity contribution in [3.8, 4) is 0 Å². The molecule has 0 spiro atoms. The number of anilines is 2. The van der Waals surface area contributed by atoms with Gasteiger partial charge in [-0.25, -0.2) is 9.78 Å². The smallest absolute Gasteiger partial charge is 0.410 e. The fraction of sp³-hybridized carbons (Fsp3) is 0.591. The predicted octanol–water partition coefficient (Wildman–Crippen LogP) is 4.76. The highest BCUT2D eigenvalue weighted by Gasteiger charge is 2.31. The molecule has 0 radical (unpaired) electrons. The molecule has 2 aromatic heterocycles. The van der Waals surface area contributed by atoms with Gasteiger partial charge >= 0.3 is 6.09 Å². The van der Waals surface area contributed by atoms with Gasteiger partial charge < -0.3 is 24.8 Å². The Bertz CT molecular complexity index is 966. The van der Waals surface area contributed by atoms with Gasteiger partial charge in [0.05, 0.1) is 27.3 Å². The van der Waals surface area contributed by atoms with Crippen molar-refractivity contribution in [3.05, 3.63) is 16.9 Å². The molecule has 2 aromatic rings. The van der Waals surface area contributed by atoms with Crippen molar-refractivity contribution in [1.29, 1.82) is 0 Å². The molecule has 1 aliphatic rings. The molecule has 1 fully saturated rings. The van der Waals surface area contributed by atoms with Crippen LogP contribution in [0.2, 0.25) is 0 Å². The molecule has 0 saturated carbocycles. The lowest BCUT2D eigenvalue weighted by molar-refractivity contribution is -0.118. The maximum Gasteiger partial charge on any atom is 0.410 e. The molecule has 2 amide bonds. The third-order valence-corrected chi connectivity index (χ3v) is 5.93. The van der Waals surface area contributed by atoms with E-state index in [0.717, 1.165) is 34.9 Å². The van der Waals surface area contributed by atoms with Gasteiger partial charge in [-0.3, -0.25) is 4.79 Å². The van der Waals surface area contributed by atoms with Crippen molar-refractivity contribution < 1.29 is 14.3 Å². The van der Waals surface area contributed by atoms with Crippen LogP contribution >= 0.6 is 15.9 Å². The van der Waals surface area contributed by atoms with E-state index in [1.165, 1.54) is 0 Å². The Morgan fingerprint density at radius 1 is 1.39 bits per heavy atom. The summed E-state index contributed by atoms with van der Waals surface area (Å²) < 4.78 is 6.40. The lowest BCUT2D eigenvalue weighted by Gasteiger charge is -2.39. The average molecular weight is 494 g/mol. The quantitative estimate of drug-likeness (QED) is 0.640. The fourth-order valence-electron chi connectivity index (χ4n) is 3.70. The highest BCUT2D eigenvalue weighted by molar-refractivity contribution is 9.10. The molecule has 1 atom stereocenters. The number of fused-ring (bicyclic) bond motifs is 1. The zero-order valence-electron chi connectivity index (χ0n) is 19.1. The summed E-state index contributed by atoms with van der Waals surface area (Å²) in [6, 6.07) is 0.0198. The van der Waals surface area contributed by atoms with Gasteiger partial charge in [-0.1, -0.05) is 13.8 Å². The Balaban J connectivity index is 1.90. The third kappa shape index (κ3) is 5.31. The lowest BCUT2D eigenvalue weighted by atomic mass is 10.0. The Morgan fingerprint density at radius 2 is 2.10 bits per heavy atom. The number of halogens is 1.